The Kier molecular flexibility index (Phi) is 4.10. The maximum atomic E-state index is 11.8. The van der Waals surface area contributed by atoms with Crippen LogP contribution < -0.4 is 5.73 Å². The minimum Gasteiger partial charge on any atom is -0.340 e. The van der Waals surface area contributed by atoms with Crippen molar-refractivity contribution < 1.29 is 4.79 Å². The zero-order valence-electron chi connectivity index (χ0n) is 8.20. The van der Waals surface area contributed by atoms with Gasteiger partial charge in [-0.05, 0) is 25.0 Å². The van der Waals surface area contributed by atoms with Gasteiger partial charge in [-0.25, -0.2) is 0 Å². The van der Waals surface area contributed by atoms with Crippen LogP contribution >= 0.6 is 24.2 Å². The molecule has 14 heavy (non-hydrogen) atoms. The molecule has 3 nitrogen and oxygen atoms in total. The largest absolute Gasteiger partial charge is 0.340 e. The molecule has 1 aliphatic heterocycles. The van der Waals surface area contributed by atoms with Gasteiger partial charge in [-0.3, -0.25) is 4.79 Å². The van der Waals surface area contributed by atoms with E-state index in [-0.39, 0.29) is 18.3 Å². The zero-order valence-corrected chi connectivity index (χ0v) is 9.83. The lowest BCUT2D eigenvalue weighted by atomic mass is 10.2. The van der Waals surface area contributed by atoms with Crippen LogP contribution in [0.25, 0.3) is 0 Å². The van der Waals surface area contributed by atoms with Gasteiger partial charge >= 0.3 is 0 Å². The van der Waals surface area contributed by atoms with Crippen molar-refractivity contribution in [3.8, 4) is 0 Å². The van der Waals surface area contributed by atoms with Crippen molar-refractivity contribution in [1.82, 2.24) is 4.90 Å². The van der Waals surface area contributed by atoms with Gasteiger partial charge in [0.2, 0.25) is 5.91 Å². The van der Waals surface area contributed by atoms with E-state index in [9.17, 15) is 4.79 Å². The Hall–Kier alpha value is 0.0700. The van der Waals surface area contributed by atoms with E-state index in [0.717, 1.165) is 38.1 Å². The van der Waals surface area contributed by atoms with Crippen molar-refractivity contribution in [1.29, 1.82) is 0 Å². The highest BCUT2D eigenvalue weighted by Crippen LogP contribution is 2.34. The number of hydrogen-bond acceptors (Lipinski definition) is 3. The summed E-state index contributed by atoms with van der Waals surface area (Å²) in [7, 11) is 0. The topological polar surface area (TPSA) is 46.3 Å². The van der Waals surface area contributed by atoms with Crippen molar-refractivity contribution >= 4 is 30.1 Å². The Bertz CT molecular complexity index is 213. The molecule has 0 aromatic heterocycles. The quantitative estimate of drug-likeness (QED) is 0.735. The summed E-state index contributed by atoms with van der Waals surface area (Å²) in [6, 6.07) is 0. The summed E-state index contributed by atoms with van der Waals surface area (Å²) in [5, 5.41) is 0. The Balaban J connectivity index is 0.000000980. The molecule has 0 aromatic rings. The Labute approximate surface area is 95.2 Å². The monoisotopic (exact) mass is 236 g/mol. The number of amides is 1. The van der Waals surface area contributed by atoms with E-state index in [0.29, 0.717) is 0 Å². The van der Waals surface area contributed by atoms with E-state index in [2.05, 4.69) is 0 Å². The van der Waals surface area contributed by atoms with Gasteiger partial charge in [-0.1, -0.05) is 0 Å². The van der Waals surface area contributed by atoms with Crippen LogP contribution in [0.2, 0.25) is 0 Å². The molecule has 0 spiro atoms. The van der Waals surface area contributed by atoms with E-state index < -0.39 is 5.54 Å². The van der Waals surface area contributed by atoms with Crippen molar-refractivity contribution in [2.24, 2.45) is 5.73 Å². The molecule has 1 heterocycles. The van der Waals surface area contributed by atoms with Gasteiger partial charge in [-0.2, -0.15) is 11.8 Å². The van der Waals surface area contributed by atoms with E-state index in [4.69, 9.17) is 5.73 Å². The number of rotatable bonds is 1. The summed E-state index contributed by atoms with van der Waals surface area (Å²) in [4.78, 5) is 13.8. The second-order valence-electron chi connectivity index (χ2n) is 3.91. The van der Waals surface area contributed by atoms with E-state index in [1.54, 1.807) is 0 Å². The fourth-order valence-corrected chi connectivity index (χ4v) is 2.50. The minimum absolute atomic E-state index is 0. The van der Waals surface area contributed by atoms with E-state index in [1.807, 2.05) is 16.7 Å². The molecule has 2 aliphatic rings. The van der Waals surface area contributed by atoms with E-state index in [1.165, 1.54) is 5.75 Å². The number of halogens is 1. The first-order valence-electron chi connectivity index (χ1n) is 4.88. The molecule has 2 fully saturated rings. The Morgan fingerprint density at radius 3 is 2.64 bits per heavy atom. The third-order valence-corrected chi connectivity index (χ3v) is 3.77. The molecule has 0 unspecified atom stereocenters. The molecule has 5 heteroatoms. The van der Waals surface area contributed by atoms with Gasteiger partial charge < -0.3 is 10.6 Å². The normalized spacial score (nSPS) is 24.8. The molecule has 1 saturated carbocycles. The first kappa shape index (κ1) is 12.1. The SMILES string of the molecule is Cl.NC1(C(=O)N2CCCSCC2)CC1. The minimum atomic E-state index is -0.463. The highest BCUT2D eigenvalue weighted by atomic mass is 35.5. The lowest BCUT2D eigenvalue weighted by Crippen LogP contribution is -2.46. The van der Waals surface area contributed by atoms with Crippen molar-refractivity contribution in [3.05, 3.63) is 0 Å². The first-order valence-corrected chi connectivity index (χ1v) is 6.04. The summed E-state index contributed by atoms with van der Waals surface area (Å²) in [6.07, 6.45) is 2.89. The molecule has 1 amide bonds. The van der Waals surface area contributed by atoms with Gasteiger partial charge in [0, 0.05) is 18.8 Å². The predicted molar refractivity (Wildman–Crippen MR) is 61.9 cm³/mol. The second-order valence-corrected chi connectivity index (χ2v) is 5.14. The molecule has 0 aromatic carbocycles. The molecule has 0 radical (unpaired) electrons. The van der Waals surface area contributed by atoms with E-state index >= 15 is 0 Å². The number of carbonyl (C=O) groups is 1. The lowest BCUT2D eigenvalue weighted by Gasteiger charge is -2.23. The van der Waals surface area contributed by atoms with Gasteiger partial charge in [-0.15, -0.1) is 12.4 Å². The van der Waals surface area contributed by atoms with Crippen LogP contribution in [-0.2, 0) is 4.79 Å². The van der Waals surface area contributed by atoms with Crippen LogP contribution in [-0.4, -0.2) is 40.9 Å². The summed E-state index contributed by atoms with van der Waals surface area (Å²) < 4.78 is 0. The average Bonchev–Trinajstić information content (AvgIpc) is 2.88. The Morgan fingerprint density at radius 1 is 1.29 bits per heavy atom. The van der Waals surface area contributed by atoms with Gasteiger partial charge in [0.25, 0.3) is 0 Å². The second kappa shape index (κ2) is 4.73. The molecular weight excluding hydrogens is 220 g/mol. The molecule has 82 valence electrons. The van der Waals surface area contributed by atoms with Crippen molar-refractivity contribution in [2.45, 2.75) is 24.8 Å². The van der Waals surface area contributed by atoms with Crippen molar-refractivity contribution in [3.63, 3.8) is 0 Å². The van der Waals surface area contributed by atoms with Crippen LogP contribution in [0, 0.1) is 0 Å². The average molecular weight is 237 g/mol. The summed E-state index contributed by atoms with van der Waals surface area (Å²) in [6.45, 7) is 1.80. The first-order chi connectivity index (χ1) is 6.22. The maximum absolute atomic E-state index is 11.8. The van der Waals surface area contributed by atoms with Crippen LogP contribution in [0.1, 0.15) is 19.3 Å². The molecule has 2 N–H and O–H groups in total. The number of nitrogens with two attached hydrogens (primary N) is 1. The highest BCUT2D eigenvalue weighted by Gasteiger charge is 2.47. The molecule has 1 saturated heterocycles. The van der Waals surface area contributed by atoms with Gasteiger partial charge in [0.1, 0.15) is 0 Å². The highest BCUT2D eigenvalue weighted by molar-refractivity contribution is 7.99. The van der Waals surface area contributed by atoms with Crippen LogP contribution in [0.15, 0.2) is 0 Å². The van der Waals surface area contributed by atoms with Crippen LogP contribution in [0.5, 0.6) is 0 Å². The smallest absolute Gasteiger partial charge is 0.242 e. The fraction of sp³-hybridized carbons (Fsp3) is 0.889. The number of carbonyl (C=O) groups excluding carboxylic acids is 1. The predicted octanol–water partition coefficient (Wildman–Crippen LogP) is 0.865. The molecule has 0 atom stereocenters. The van der Waals surface area contributed by atoms with Gasteiger partial charge in [0.05, 0.1) is 5.54 Å². The Morgan fingerprint density at radius 2 is 2.00 bits per heavy atom. The molecular formula is C9H17ClN2OS. The number of nitrogens with zero attached hydrogens (tertiary/aromatic N) is 1. The summed E-state index contributed by atoms with van der Waals surface area (Å²) in [5.74, 6) is 2.44. The fourth-order valence-electron chi connectivity index (χ4n) is 1.61. The standard InChI is InChI=1S/C9H16N2OS.ClH/c10-9(2-3-9)8(12)11-4-1-6-13-7-5-11;/h1-7,10H2;1H. The molecule has 0 bridgehead atoms. The van der Waals surface area contributed by atoms with Crippen molar-refractivity contribution in [2.75, 3.05) is 24.6 Å². The molecule has 1 aliphatic carbocycles. The summed E-state index contributed by atoms with van der Waals surface area (Å²) >= 11 is 1.93. The molecule has 2 rings (SSSR count). The number of hydrogen-bond donors (Lipinski definition) is 1. The van der Waals surface area contributed by atoms with Crippen LogP contribution in [0.4, 0.5) is 0 Å². The van der Waals surface area contributed by atoms with Crippen LogP contribution in [0.3, 0.4) is 0 Å². The third kappa shape index (κ3) is 2.55. The summed E-state index contributed by atoms with van der Waals surface area (Å²) in [5.41, 5.74) is 5.41. The maximum Gasteiger partial charge on any atom is 0.242 e. The third-order valence-electron chi connectivity index (χ3n) is 2.72. The number of thioether (sulfide) groups is 1. The zero-order chi connectivity index (χ0) is 9.31. The lowest BCUT2D eigenvalue weighted by molar-refractivity contribution is -0.133. The van der Waals surface area contributed by atoms with Gasteiger partial charge in [0.15, 0.2) is 0 Å².